The maximum atomic E-state index is 13.7. The summed E-state index contributed by atoms with van der Waals surface area (Å²) < 4.78 is 5.83. The van der Waals surface area contributed by atoms with Gasteiger partial charge in [-0.2, -0.15) is 11.8 Å². The zero-order chi connectivity index (χ0) is 25.2. The number of ether oxygens (including phenoxy) is 1. The zero-order valence-corrected chi connectivity index (χ0v) is 22.9. The Hall–Kier alpha value is -1.50. The number of allylic oxidation sites excluding steroid dienone is 2. The van der Waals surface area contributed by atoms with E-state index in [1.807, 2.05) is 32.5 Å². The van der Waals surface area contributed by atoms with Gasteiger partial charge in [-0.05, 0) is 76.0 Å². The molecule has 0 spiro atoms. The van der Waals surface area contributed by atoms with E-state index in [4.69, 9.17) is 4.74 Å². The van der Waals surface area contributed by atoms with E-state index in [-0.39, 0.29) is 28.6 Å². The quantitative estimate of drug-likeness (QED) is 0.498. The molecule has 2 saturated heterocycles. The summed E-state index contributed by atoms with van der Waals surface area (Å²) in [5.41, 5.74) is 0.0397. The van der Waals surface area contributed by atoms with Gasteiger partial charge < -0.3 is 9.64 Å². The molecule has 0 aromatic heterocycles. The molecule has 0 bridgehead atoms. The van der Waals surface area contributed by atoms with Crippen molar-refractivity contribution in [2.45, 2.75) is 78.7 Å². The van der Waals surface area contributed by atoms with Crippen LogP contribution in [0.5, 0.6) is 0 Å². The minimum Gasteiger partial charge on any atom is -0.443 e. The van der Waals surface area contributed by atoms with Gasteiger partial charge in [0, 0.05) is 60.7 Å². The highest BCUT2D eigenvalue weighted by molar-refractivity contribution is 7.99. The highest BCUT2D eigenvalue weighted by Gasteiger charge is 2.62. The Balaban J connectivity index is 1.46. The average molecular weight is 503 g/mol. The molecule has 35 heavy (non-hydrogen) atoms. The molecule has 5 rings (SSSR count). The van der Waals surface area contributed by atoms with E-state index in [0.29, 0.717) is 36.6 Å². The van der Waals surface area contributed by atoms with E-state index in [0.717, 1.165) is 62.4 Å². The second-order valence-electron chi connectivity index (χ2n) is 13.0. The third kappa shape index (κ3) is 4.23. The van der Waals surface area contributed by atoms with Crippen molar-refractivity contribution in [3.05, 3.63) is 11.8 Å². The van der Waals surface area contributed by atoms with Crippen molar-refractivity contribution in [3.8, 4) is 0 Å². The van der Waals surface area contributed by atoms with Crippen molar-refractivity contribution in [2.75, 3.05) is 31.1 Å². The van der Waals surface area contributed by atoms with Crippen LogP contribution in [0.3, 0.4) is 0 Å². The molecule has 2 aliphatic heterocycles. The van der Waals surface area contributed by atoms with Crippen LogP contribution in [0.15, 0.2) is 11.8 Å². The molecule has 0 unspecified atom stereocenters. The lowest BCUT2D eigenvalue weighted by atomic mass is 9.49. The van der Waals surface area contributed by atoms with E-state index in [2.05, 4.69) is 18.7 Å². The van der Waals surface area contributed by atoms with Gasteiger partial charge in [0.1, 0.15) is 5.60 Å². The van der Waals surface area contributed by atoms with Crippen LogP contribution in [0.1, 0.15) is 73.1 Å². The molecule has 2 amide bonds. The number of carbonyl (C=O) groups excluding carboxylic acids is 3. The molecule has 3 aliphatic carbocycles. The first-order chi connectivity index (χ1) is 16.4. The molecule has 5 aliphatic rings. The lowest BCUT2D eigenvalue weighted by molar-refractivity contribution is -0.143. The Morgan fingerprint density at radius 1 is 1.06 bits per heavy atom. The molecule has 7 heteroatoms. The summed E-state index contributed by atoms with van der Waals surface area (Å²) in [5, 5.41) is 0. The lowest BCUT2D eigenvalue weighted by Gasteiger charge is -2.60. The molecule has 6 nitrogen and oxygen atoms in total. The lowest BCUT2D eigenvalue weighted by Crippen LogP contribution is -2.59. The second-order valence-corrected chi connectivity index (χ2v) is 14.2. The fraction of sp³-hybridized carbons (Fsp3) is 0.821. The average Bonchev–Trinajstić information content (AvgIpc) is 3.15. The van der Waals surface area contributed by atoms with Crippen LogP contribution in [0.25, 0.3) is 0 Å². The van der Waals surface area contributed by atoms with Gasteiger partial charge in [-0.3, -0.25) is 14.5 Å². The Morgan fingerprint density at radius 3 is 2.46 bits per heavy atom. The number of thioether (sulfide) groups is 1. The standard InChI is InChI=1S/C28H42N2O4S/c1-26(2,3)34-25(33)30-17-19-20-6-7-22(24(32)29-12-14-35-15-13-29)27(20,4)11-9-21(19)28(5)10-8-18(31)16-23(28)30/h16,19-22H,6-15,17H2,1-5H3/t19-,20-,21-,22+,27-,28+/m0/s1. The minimum absolute atomic E-state index is 0.0233. The monoisotopic (exact) mass is 502 g/mol. The van der Waals surface area contributed by atoms with Gasteiger partial charge in [0.2, 0.25) is 5.91 Å². The van der Waals surface area contributed by atoms with Crippen LogP contribution in [0.4, 0.5) is 4.79 Å². The molecule has 0 aromatic carbocycles. The second kappa shape index (κ2) is 8.81. The van der Waals surface area contributed by atoms with Crippen molar-refractivity contribution in [3.63, 3.8) is 0 Å². The summed E-state index contributed by atoms with van der Waals surface area (Å²) >= 11 is 1.94. The fourth-order valence-corrected chi connectivity index (χ4v) is 9.11. The first kappa shape index (κ1) is 25.2. The Kier molecular flexibility index (Phi) is 6.33. The maximum Gasteiger partial charge on any atom is 0.414 e. The number of hydrogen-bond donors (Lipinski definition) is 0. The maximum absolute atomic E-state index is 13.7. The van der Waals surface area contributed by atoms with Crippen LogP contribution in [0, 0.1) is 34.5 Å². The summed E-state index contributed by atoms with van der Waals surface area (Å²) in [6.07, 6.45) is 6.84. The van der Waals surface area contributed by atoms with Gasteiger partial charge in [-0.15, -0.1) is 0 Å². The number of piperidine rings is 1. The number of nitrogens with zero attached hydrogens (tertiary/aromatic N) is 2. The van der Waals surface area contributed by atoms with Gasteiger partial charge in [0.25, 0.3) is 0 Å². The molecule has 2 saturated carbocycles. The minimum atomic E-state index is -0.595. The van der Waals surface area contributed by atoms with Gasteiger partial charge >= 0.3 is 6.09 Å². The normalized spacial score (nSPS) is 39.3. The van der Waals surface area contributed by atoms with Gasteiger partial charge in [-0.25, -0.2) is 4.79 Å². The molecule has 4 fully saturated rings. The van der Waals surface area contributed by atoms with Crippen LogP contribution >= 0.6 is 11.8 Å². The summed E-state index contributed by atoms with van der Waals surface area (Å²) in [5.74, 6) is 3.81. The summed E-state index contributed by atoms with van der Waals surface area (Å²) in [6.45, 7) is 12.6. The Morgan fingerprint density at radius 2 is 1.77 bits per heavy atom. The zero-order valence-electron chi connectivity index (χ0n) is 22.1. The molecule has 2 heterocycles. The summed E-state index contributed by atoms with van der Waals surface area (Å²) in [4.78, 5) is 43.5. The molecular formula is C28H42N2O4S. The summed E-state index contributed by atoms with van der Waals surface area (Å²) in [7, 11) is 0. The Bertz CT molecular complexity index is 936. The smallest absolute Gasteiger partial charge is 0.414 e. The van der Waals surface area contributed by atoms with Crippen molar-refractivity contribution >= 4 is 29.5 Å². The number of rotatable bonds is 1. The number of hydrogen-bond acceptors (Lipinski definition) is 5. The highest BCUT2D eigenvalue weighted by atomic mass is 32.2. The predicted octanol–water partition coefficient (Wildman–Crippen LogP) is 5.12. The number of carbonyl (C=O) groups is 3. The molecule has 194 valence electrons. The van der Waals surface area contributed by atoms with Gasteiger partial charge in [-0.1, -0.05) is 13.8 Å². The van der Waals surface area contributed by atoms with Gasteiger partial charge in [0.15, 0.2) is 5.78 Å². The molecule has 6 atom stereocenters. The van der Waals surface area contributed by atoms with Crippen LogP contribution in [0.2, 0.25) is 0 Å². The van der Waals surface area contributed by atoms with Crippen molar-refractivity contribution in [1.82, 2.24) is 9.80 Å². The van der Waals surface area contributed by atoms with Crippen molar-refractivity contribution in [2.24, 2.45) is 34.5 Å². The molecule has 0 N–H and O–H groups in total. The van der Waals surface area contributed by atoms with E-state index in [1.54, 1.807) is 11.0 Å². The topological polar surface area (TPSA) is 66.9 Å². The molecule has 0 aromatic rings. The van der Waals surface area contributed by atoms with E-state index in [9.17, 15) is 14.4 Å². The van der Waals surface area contributed by atoms with Crippen LogP contribution < -0.4 is 0 Å². The predicted molar refractivity (Wildman–Crippen MR) is 138 cm³/mol. The SMILES string of the molecule is CC(C)(C)OC(=O)N1C[C@H]2[C@@H]3CC[C@H](C(=O)N4CCSCC4)[C@@]3(C)CC[C@@H]2[C@@]2(C)CCC(=O)C=C12. The van der Waals surface area contributed by atoms with Gasteiger partial charge in [0.05, 0.1) is 0 Å². The van der Waals surface area contributed by atoms with Crippen molar-refractivity contribution < 1.29 is 19.1 Å². The van der Waals surface area contributed by atoms with E-state index in [1.165, 1.54) is 0 Å². The highest BCUT2D eigenvalue weighted by Crippen LogP contribution is 2.65. The van der Waals surface area contributed by atoms with E-state index < -0.39 is 5.60 Å². The third-order valence-corrected chi connectivity index (χ3v) is 10.9. The van der Waals surface area contributed by atoms with Crippen molar-refractivity contribution in [1.29, 1.82) is 0 Å². The third-order valence-electron chi connectivity index (χ3n) is 9.95. The summed E-state index contributed by atoms with van der Waals surface area (Å²) in [6, 6.07) is 0. The molecular weight excluding hydrogens is 460 g/mol. The van der Waals surface area contributed by atoms with E-state index >= 15 is 0 Å². The Labute approximate surface area is 214 Å². The first-order valence-electron chi connectivity index (χ1n) is 13.6. The van der Waals surface area contributed by atoms with Crippen LogP contribution in [-0.2, 0) is 14.3 Å². The largest absolute Gasteiger partial charge is 0.443 e. The fourth-order valence-electron chi connectivity index (χ4n) is 8.20. The number of likely N-dealkylation sites (tertiary alicyclic amines) is 1. The van der Waals surface area contributed by atoms with Crippen LogP contribution in [-0.4, -0.2) is 64.3 Å². The number of amides is 2. The molecule has 0 radical (unpaired) electrons. The number of fused-ring (bicyclic) bond motifs is 5. The number of ketones is 1. The first-order valence-corrected chi connectivity index (χ1v) is 14.7.